The molecule has 2 aromatic rings. The summed E-state index contributed by atoms with van der Waals surface area (Å²) in [4.78, 5) is 15.5. The van der Waals surface area contributed by atoms with E-state index in [1.165, 1.54) is 0 Å². The van der Waals surface area contributed by atoms with Gasteiger partial charge in [0.1, 0.15) is 5.75 Å². The van der Waals surface area contributed by atoms with Crippen molar-refractivity contribution in [1.29, 1.82) is 0 Å². The lowest BCUT2D eigenvalue weighted by molar-refractivity contribution is 0.414. The topological polar surface area (TPSA) is 70.1 Å². The molecular weight excluding hydrogens is 266 g/mol. The molecule has 5 heteroatoms. The van der Waals surface area contributed by atoms with Crippen LogP contribution in [0.25, 0.3) is 0 Å². The van der Waals surface area contributed by atoms with Crippen molar-refractivity contribution in [2.45, 2.75) is 33.4 Å². The van der Waals surface area contributed by atoms with E-state index in [0.29, 0.717) is 12.6 Å². The van der Waals surface area contributed by atoms with Gasteiger partial charge in [0.15, 0.2) is 0 Å². The fourth-order valence-electron chi connectivity index (χ4n) is 1.56. The SMILES string of the molecule is CC(C)N.COc1ccc(Cn2ccc(C)nc2=O)cc1. The summed E-state index contributed by atoms with van der Waals surface area (Å²) in [6, 6.07) is 9.78. The van der Waals surface area contributed by atoms with Crippen molar-refractivity contribution < 1.29 is 4.74 Å². The number of methoxy groups -OCH3 is 1. The smallest absolute Gasteiger partial charge is 0.348 e. The molecule has 0 saturated heterocycles. The van der Waals surface area contributed by atoms with E-state index in [1.807, 2.05) is 44.2 Å². The highest BCUT2D eigenvalue weighted by molar-refractivity contribution is 5.27. The van der Waals surface area contributed by atoms with E-state index in [4.69, 9.17) is 10.5 Å². The van der Waals surface area contributed by atoms with Crippen LogP contribution in [0.1, 0.15) is 25.1 Å². The Kier molecular flexibility index (Phi) is 6.62. The molecule has 1 heterocycles. The standard InChI is InChI=1S/C13H14N2O2.C3H9N/c1-10-7-8-15(13(16)14-10)9-11-3-5-12(17-2)6-4-11;1-3(2)4/h3-8H,9H2,1-2H3;3H,4H2,1-2H3. The molecule has 114 valence electrons. The lowest BCUT2D eigenvalue weighted by atomic mass is 10.2. The van der Waals surface area contributed by atoms with Crippen LogP contribution in [0, 0.1) is 6.92 Å². The molecule has 0 aliphatic heterocycles. The zero-order valence-electron chi connectivity index (χ0n) is 13.0. The van der Waals surface area contributed by atoms with Crippen molar-refractivity contribution >= 4 is 0 Å². The van der Waals surface area contributed by atoms with E-state index in [1.54, 1.807) is 24.8 Å². The van der Waals surface area contributed by atoms with Crippen molar-refractivity contribution in [1.82, 2.24) is 9.55 Å². The summed E-state index contributed by atoms with van der Waals surface area (Å²) >= 11 is 0. The van der Waals surface area contributed by atoms with Gasteiger partial charge in [-0.2, -0.15) is 4.98 Å². The number of ether oxygens (including phenoxy) is 1. The maximum absolute atomic E-state index is 11.6. The molecule has 5 nitrogen and oxygen atoms in total. The van der Waals surface area contributed by atoms with Crippen molar-refractivity contribution in [3.63, 3.8) is 0 Å². The first-order chi connectivity index (χ1) is 9.92. The molecule has 0 amide bonds. The summed E-state index contributed by atoms with van der Waals surface area (Å²) in [6.45, 7) is 6.22. The lowest BCUT2D eigenvalue weighted by Crippen LogP contribution is -2.23. The van der Waals surface area contributed by atoms with Crippen molar-refractivity contribution in [3.8, 4) is 5.75 Å². The minimum atomic E-state index is -0.221. The second-order valence-corrected chi connectivity index (χ2v) is 5.07. The number of aryl methyl sites for hydroxylation is 1. The highest BCUT2D eigenvalue weighted by Crippen LogP contribution is 2.11. The number of hydrogen-bond acceptors (Lipinski definition) is 4. The molecule has 1 aromatic carbocycles. The average Bonchev–Trinajstić information content (AvgIpc) is 2.42. The molecule has 0 bridgehead atoms. The molecule has 0 radical (unpaired) electrons. The number of hydrogen-bond donors (Lipinski definition) is 1. The Bertz CT molecular complexity index is 601. The number of benzene rings is 1. The molecule has 0 saturated carbocycles. The van der Waals surface area contributed by atoms with Crippen LogP contribution in [0.4, 0.5) is 0 Å². The molecule has 21 heavy (non-hydrogen) atoms. The highest BCUT2D eigenvalue weighted by atomic mass is 16.5. The predicted molar refractivity (Wildman–Crippen MR) is 84.7 cm³/mol. The third-order valence-corrected chi connectivity index (χ3v) is 2.53. The van der Waals surface area contributed by atoms with Crippen LogP contribution in [0.5, 0.6) is 5.75 Å². The van der Waals surface area contributed by atoms with Crippen LogP contribution >= 0.6 is 0 Å². The number of nitrogens with zero attached hydrogens (tertiary/aromatic N) is 2. The molecule has 0 fully saturated rings. The Morgan fingerprint density at radius 3 is 2.29 bits per heavy atom. The normalized spacial score (nSPS) is 10.0. The Labute approximate surface area is 125 Å². The summed E-state index contributed by atoms with van der Waals surface area (Å²) < 4.78 is 6.66. The second-order valence-electron chi connectivity index (χ2n) is 5.07. The van der Waals surface area contributed by atoms with Gasteiger partial charge in [-0.3, -0.25) is 4.57 Å². The van der Waals surface area contributed by atoms with Gasteiger partial charge in [0, 0.05) is 11.9 Å². The van der Waals surface area contributed by atoms with Gasteiger partial charge in [0.25, 0.3) is 0 Å². The fourth-order valence-corrected chi connectivity index (χ4v) is 1.56. The third kappa shape index (κ3) is 6.23. The van der Waals surface area contributed by atoms with Gasteiger partial charge < -0.3 is 10.5 Å². The van der Waals surface area contributed by atoms with Crippen LogP contribution in [0.3, 0.4) is 0 Å². The molecule has 0 aliphatic rings. The Morgan fingerprint density at radius 2 is 1.81 bits per heavy atom. The number of rotatable bonds is 3. The largest absolute Gasteiger partial charge is 0.497 e. The van der Waals surface area contributed by atoms with E-state index < -0.39 is 0 Å². The summed E-state index contributed by atoms with van der Waals surface area (Å²) in [5.41, 5.74) is 6.67. The van der Waals surface area contributed by atoms with Crippen LogP contribution < -0.4 is 16.2 Å². The Balaban J connectivity index is 0.000000491. The predicted octanol–water partition coefficient (Wildman–Crippen LogP) is 1.96. The maximum Gasteiger partial charge on any atom is 0.348 e. The van der Waals surface area contributed by atoms with E-state index in [9.17, 15) is 4.79 Å². The number of aromatic nitrogens is 2. The molecule has 0 spiro atoms. The van der Waals surface area contributed by atoms with Gasteiger partial charge in [-0.15, -0.1) is 0 Å². The van der Waals surface area contributed by atoms with Gasteiger partial charge in [0.05, 0.1) is 13.7 Å². The van der Waals surface area contributed by atoms with Gasteiger partial charge in [-0.1, -0.05) is 26.0 Å². The monoisotopic (exact) mass is 289 g/mol. The molecule has 0 atom stereocenters. The maximum atomic E-state index is 11.6. The Morgan fingerprint density at radius 1 is 1.24 bits per heavy atom. The van der Waals surface area contributed by atoms with Crippen LogP contribution in [-0.4, -0.2) is 22.7 Å². The van der Waals surface area contributed by atoms with Crippen LogP contribution in [-0.2, 0) is 6.54 Å². The minimum absolute atomic E-state index is 0.221. The van der Waals surface area contributed by atoms with E-state index >= 15 is 0 Å². The van der Waals surface area contributed by atoms with Crippen LogP contribution in [0.15, 0.2) is 41.3 Å². The molecular formula is C16H23N3O2. The molecule has 2 rings (SSSR count). The van der Waals surface area contributed by atoms with Gasteiger partial charge >= 0.3 is 5.69 Å². The summed E-state index contributed by atoms with van der Waals surface area (Å²) in [7, 11) is 1.63. The van der Waals surface area contributed by atoms with Crippen molar-refractivity contribution in [2.75, 3.05) is 7.11 Å². The summed E-state index contributed by atoms with van der Waals surface area (Å²) in [5, 5.41) is 0. The zero-order valence-corrected chi connectivity index (χ0v) is 13.0. The number of nitrogens with two attached hydrogens (primary N) is 1. The highest BCUT2D eigenvalue weighted by Gasteiger charge is 1.99. The van der Waals surface area contributed by atoms with Crippen LogP contribution in [0.2, 0.25) is 0 Å². The average molecular weight is 289 g/mol. The van der Waals surface area contributed by atoms with E-state index in [-0.39, 0.29) is 5.69 Å². The minimum Gasteiger partial charge on any atom is -0.497 e. The van der Waals surface area contributed by atoms with Gasteiger partial charge in [-0.25, -0.2) is 4.79 Å². The van der Waals surface area contributed by atoms with Gasteiger partial charge in [0.2, 0.25) is 0 Å². The summed E-state index contributed by atoms with van der Waals surface area (Å²) in [5.74, 6) is 0.808. The lowest BCUT2D eigenvalue weighted by Gasteiger charge is -2.06. The Hall–Kier alpha value is -2.14. The zero-order chi connectivity index (χ0) is 15.8. The molecule has 0 aliphatic carbocycles. The molecule has 2 N–H and O–H groups in total. The fraction of sp³-hybridized carbons (Fsp3) is 0.375. The van der Waals surface area contributed by atoms with Crippen molar-refractivity contribution in [2.24, 2.45) is 5.73 Å². The molecule has 1 aromatic heterocycles. The second kappa shape index (κ2) is 8.21. The quantitative estimate of drug-likeness (QED) is 0.937. The first-order valence-electron chi connectivity index (χ1n) is 6.85. The van der Waals surface area contributed by atoms with Gasteiger partial charge in [-0.05, 0) is 36.7 Å². The first kappa shape index (κ1) is 16.9. The van der Waals surface area contributed by atoms with Crippen molar-refractivity contribution in [3.05, 3.63) is 58.3 Å². The first-order valence-corrected chi connectivity index (χ1v) is 6.85. The van der Waals surface area contributed by atoms with E-state index in [0.717, 1.165) is 17.0 Å². The molecule has 0 unspecified atom stereocenters. The summed E-state index contributed by atoms with van der Waals surface area (Å²) in [6.07, 6.45) is 1.76. The van der Waals surface area contributed by atoms with E-state index in [2.05, 4.69) is 4.98 Å². The third-order valence-electron chi connectivity index (χ3n) is 2.53.